The number of carbonyl (C=O) groups excluding carboxylic acids is 1. The zero-order valence-electron chi connectivity index (χ0n) is 10.4. The van der Waals surface area contributed by atoms with Crippen molar-refractivity contribution < 1.29 is 17.8 Å². The molecule has 0 fully saturated rings. The Labute approximate surface area is 106 Å². The van der Waals surface area contributed by atoms with E-state index in [1.807, 2.05) is 19.9 Å². The molecule has 0 radical (unpaired) electrons. The lowest BCUT2D eigenvalue weighted by Crippen LogP contribution is -2.33. The Morgan fingerprint density at radius 2 is 2.06 bits per heavy atom. The molecular weight excluding hydrogens is 256 g/mol. The van der Waals surface area contributed by atoms with Crippen LogP contribution in [0.5, 0.6) is 0 Å². The summed E-state index contributed by atoms with van der Waals surface area (Å²) in [6.07, 6.45) is 0.812. The van der Waals surface area contributed by atoms with Crippen LogP contribution in [0.4, 0.5) is 0 Å². The third kappa shape index (κ3) is 4.13. The monoisotopic (exact) mass is 272 g/mol. The molecule has 0 heterocycles. The second kappa shape index (κ2) is 5.08. The molecule has 1 aliphatic rings. The van der Waals surface area contributed by atoms with Crippen LogP contribution in [-0.4, -0.2) is 31.1 Å². The molecule has 100 valence electrons. The average Bonchev–Trinajstić information content (AvgIpc) is 2.13. The first-order valence-corrected chi connectivity index (χ1v) is 7.11. The minimum absolute atomic E-state index is 0.0251. The van der Waals surface area contributed by atoms with Gasteiger partial charge < -0.3 is 5.32 Å². The summed E-state index contributed by atoms with van der Waals surface area (Å²) in [7, 11) is -4.04. The molecule has 6 nitrogen and oxygen atoms in total. The smallest absolute Gasteiger partial charge is 0.266 e. The van der Waals surface area contributed by atoms with Gasteiger partial charge in [0.15, 0.2) is 5.78 Å². The van der Waals surface area contributed by atoms with Crippen molar-refractivity contribution in [1.29, 1.82) is 5.26 Å². The van der Waals surface area contributed by atoms with Crippen LogP contribution < -0.4 is 5.32 Å². The number of Topliss-reactive ketones (excluding diaryl/α,β-unsaturated/α-hetero) is 1. The van der Waals surface area contributed by atoms with Crippen molar-refractivity contribution in [2.75, 3.05) is 12.3 Å². The number of ketones is 1. The average molecular weight is 272 g/mol. The first-order valence-electron chi connectivity index (χ1n) is 5.50. The molecule has 0 saturated heterocycles. The number of hydrogen-bond acceptors (Lipinski definition) is 5. The quantitative estimate of drug-likeness (QED) is 0.727. The van der Waals surface area contributed by atoms with Crippen molar-refractivity contribution in [3.8, 4) is 6.07 Å². The number of rotatable bonds is 4. The van der Waals surface area contributed by atoms with E-state index in [4.69, 9.17) is 9.81 Å². The summed E-state index contributed by atoms with van der Waals surface area (Å²) < 4.78 is 29.8. The second-order valence-electron chi connectivity index (χ2n) is 5.12. The largest absolute Gasteiger partial charge is 0.386 e. The first kappa shape index (κ1) is 14.7. The highest BCUT2D eigenvalue weighted by Gasteiger charge is 2.32. The Bertz CT molecular complexity index is 526. The van der Waals surface area contributed by atoms with E-state index in [9.17, 15) is 13.2 Å². The summed E-state index contributed by atoms with van der Waals surface area (Å²) in [4.78, 5) is 11.7. The predicted molar refractivity (Wildman–Crippen MR) is 65.1 cm³/mol. The molecule has 18 heavy (non-hydrogen) atoms. The Hall–Kier alpha value is -1.39. The zero-order valence-corrected chi connectivity index (χ0v) is 11.2. The Morgan fingerprint density at radius 1 is 1.44 bits per heavy atom. The highest BCUT2D eigenvalue weighted by atomic mass is 32.2. The van der Waals surface area contributed by atoms with Gasteiger partial charge in [-0.3, -0.25) is 9.35 Å². The fourth-order valence-corrected chi connectivity index (χ4v) is 2.29. The standard InChI is InChI=1S/C11H16N2O4S/c1-11(2)5-9(8(7-12)10(14)6-11)13-3-4-18(15,16)17/h13H,3-6H2,1-2H3,(H,15,16,17). The van der Waals surface area contributed by atoms with Gasteiger partial charge in [0.1, 0.15) is 11.6 Å². The Morgan fingerprint density at radius 3 is 2.56 bits per heavy atom. The number of hydrogen-bond donors (Lipinski definition) is 2. The lowest BCUT2D eigenvalue weighted by molar-refractivity contribution is -0.117. The van der Waals surface area contributed by atoms with Gasteiger partial charge in [0.25, 0.3) is 10.1 Å². The molecule has 0 aromatic carbocycles. The number of nitriles is 1. The van der Waals surface area contributed by atoms with Gasteiger partial charge in [-0.1, -0.05) is 13.8 Å². The first-order chi connectivity index (χ1) is 8.14. The van der Waals surface area contributed by atoms with Crippen LogP contribution in [0.15, 0.2) is 11.3 Å². The summed E-state index contributed by atoms with van der Waals surface area (Å²) in [5.74, 6) is -0.688. The zero-order chi connectivity index (χ0) is 14.0. The maximum atomic E-state index is 11.7. The van der Waals surface area contributed by atoms with E-state index in [0.717, 1.165) is 0 Å². The molecule has 0 amide bonds. The van der Waals surface area contributed by atoms with E-state index in [1.54, 1.807) is 0 Å². The summed E-state index contributed by atoms with van der Waals surface area (Å²) in [6.45, 7) is 3.79. The van der Waals surface area contributed by atoms with E-state index in [0.29, 0.717) is 18.5 Å². The Kier molecular flexibility index (Phi) is 4.14. The molecule has 0 bridgehead atoms. The molecular formula is C11H16N2O4S. The van der Waals surface area contributed by atoms with E-state index < -0.39 is 15.9 Å². The molecule has 2 N–H and O–H groups in total. The number of allylic oxidation sites excluding steroid dienone is 2. The topological polar surface area (TPSA) is 107 Å². The number of nitrogens with zero attached hydrogens (tertiary/aromatic N) is 1. The molecule has 1 aliphatic carbocycles. The molecule has 0 atom stereocenters. The second-order valence-corrected chi connectivity index (χ2v) is 6.69. The predicted octanol–water partition coefficient (Wildman–Crippen LogP) is 0.631. The van der Waals surface area contributed by atoms with Gasteiger partial charge in [0, 0.05) is 18.7 Å². The van der Waals surface area contributed by atoms with Crippen molar-refractivity contribution in [3.05, 3.63) is 11.3 Å². The van der Waals surface area contributed by atoms with Gasteiger partial charge in [-0.15, -0.1) is 0 Å². The molecule has 0 spiro atoms. The van der Waals surface area contributed by atoms with Crippen LogP contribution in [-0.2, 0) is 14.9 Å². The third-order valence-corrected chi connectivity index (χ3v) is 3.41. The normalized spacial score (nSPS) is 19.6. The fourth-order valence-electron chi connectivity index (χ4n) is 1.93. The van der Waals surface area contributed by atoms with Crippen molar-refractivity contribution in [3.63, 3.8) is 0 Å². The van der Waals surface area contributed by atoms with E-state index >= 15 is 0 Å². The molecule has 1 rings (SSSR count). The van der Waals surface area contributed by atoms with Crippen molar-refractivity contribution in [2.45, 2.75) is 26.7 Å². The van der Waals surface area contributed by atoms with E-state index in [2.05, 4.69) is 5.32 Å². The lowest BCUT2D eigenvalue weighted by atomic mass is 9.76. The SMILES string of the molecule is CC1(C)CC(=O)C(C#N)=C(NCCS(=O)(=O)O)C1. The van der Waals surface area contributed by atoms with Crippen LogP contribution in [0.25, 0.3) is 0 Å². The molecule has 0 aromatic rings. The van der Waals surface area contributed by atoms with Gasteiger partial charge in [-0.05, 0) is 11.8 Å². The highest BCUT2D eigenvalue weighted by Crippen LogP contribution is 2.35. The molecule has 7 heteroatoms. The molecule has 0 unspecified atom stereocenters. The van der Waals surface area contributed by atoms with E-state index in [-0.39, 0.29) is 23.3 Å². The van der Waals surface area contributed by atoms with Crippen molar-refractivity contribution in [1.82, 2.24) is 5.32 Å². The van der Waals surface area contributed by atoms with Crippen molar-refractivity contribution >= 4 is 15.9 Å². The summed E-state index contributed by atoms with van der Waals surface area (Å²) in [6, 6.07) is 1.84. The van der Waals surface area contributed by atoms with Crippen LogP contribution >= 0.6 is 0 Å². The minimum Gasteiger partial charge on any atom is -0.386 e. The molecule has 0 saturated carbocycles. The van der Waals surface area contributed by atoms with Gasteiger partial charge in [0.05, 0.1) is 5.75 Å². The van der Waals surface area contributed by atoms with Crippen LogP contribution in [0.3, 0.4) is 0 Å². The maximum Gasteiger partial charge on any atom is 0.266 e. The third-order valence-electron chi connectivity index (χ3n) is 2.69. The summed E-state index contributed by atoms with van der Waals surface area (Å²) in [5.41, 5.74) is 0.268. The maximum absolute atomic E-state index is 11.7. The minimum atomic E-state index is -4.04. The number of carbonyl (C=O) groups is 1. The summed E-state index contributed by atoms with van der Waals surface area (Å²) in [5, 5.41) is 11.7. The fraction of sp³-hybridized carbons (Fsp3) is 0.636. The highest BCUT2D eigenvalue weighted by molar-refractivity contribution is 7.85. The van der Waals surface area contributed by atoms with Crippen LogP contribution in [0, 0.1) is 16.7 Å². The lowest BCUT2D eigenvalue weighted by Gasteiger charge is -2.30. The van der Waals surface area contributed by atoms with Gasteiger partial charge in [0.2, 0.25) is 0 Å². The van der Waals surface area contributed by atoms with Crippen molar-refractivity contribution in [2.24, 2.45) is 5.41 Å². The van der Waals surface area contributed by atoms with Crippen LogP contribution in [0.2, 0.25) is 0 Å². The van der Waals surface area contributed by atoms with Gasteiger partial charge >= 0.3 is 0 Å². The van der Waals surface area contributed by atoms with Gasteiger partial charge in [-0.25, -0.2) is 0 Å². The van der Waals surface area contributed by atoms with E-state index in [1.165, 1.54) is 0 Å². The summed E-state index contributed by atoms with van der Waals surface area (Å²) >= 11 is 0. The molecule has 0 aliphatic heterocycles. The molecule has 0 aromatic heterocycles. The Balaban J connectivity index is 2.83. The van der Waals surface area contributed by atoms with Crippen LogP contribution in [0.1, 0.15) is 26.7 Å². The number of nitrogens with one attached hydrogen (secondary N) is 1. The van der Waals surface area contributed by atoms with Gasteiger partial charge in [-0.2, -0.15) is 13.7 Å².